The van der Waals surface area contributed by atoms with E-state index in [2.05, 4.69) is 53.3 Å². The molecule has 84 valence electrons. The monoisotopic (exact) mass is 214 g/mol. The highest BCUT2D eigenvalue weighted by molar-refractivity contribution is 7.99. The fourth-order valence-electron chi connectivity index (χ4n) is 2.63. The van der Waals surface area contributed by atoms with Crippen molar-refractivity contribution in [3.63, 3.8) is 0 Å². The van der Waals surface area contributed by atoms with Crippen LogP contribution in [-0.2, 0) is 0 Å². The maximum atomic E-state index is 2.41. The summed E-state index contributed by atoms with van der Waals surface area (Å²) in [5.74, 6) is 4.53. The molecule has 0 saturated carbocycles. The van der Waals surface area contributed by atoms with Gasteiger partial charge in [0.2, 0.25) is 0 Å². The van der Waals surface area contributed by atoms with Crippen LogP contribution in [0.4, 0.5) is 0 Å². The van der Waals surface area contributed by atoms with E-state index in [1.54, 1.807) is 0 Å². The van der Waals surface area contributed by atoms with E-state index >= 15 is 0 Å². The third-order valence-electron chi connectivity index (χ3n) is 3.58. The molecule has 0 N–H and O–H groups in total. The Balaban J connectivity index is 2.80. The first-order chi connectivity index (χ1) is 6.23. The first kappa shape index (κ1) is 12.4. The maximum absolute atomic E-state index is 2.41. The second-order valence-corrected chi connectivity index (χ2v) is 7.96. The smallest absolute Gasteiger partial charge is 0.00313 e. The topological polar surface area (TPSA) is 0 Å². The molecule has 0 amide bonds. The lowest BCUT2D eigenvalue weighted by atomic mass is 9.64. The third kappa shape index (κ3) is 2.92. The lowest BCUT2D eigenvalue weighted by Gasteiger charge is -2.46. The molecule has 1 aliphatic heterocycles. The summed E-state index contributed by atoms with van der Waals surface area (Å²) >= 11 is 2.15. The van der Waals surface area contributed by atoms with Crippen LogP contribution in [0.1, 0.15) is 48.0 Å². The lowest BCUT2D eigenvalue weighted by molar-refractivity contribution is 0.0816. The van der Waals surface area contributed by atoms with E-state index < -0.39 is 0 Å². The Morgan fingerprint density at radius 1 is 0.857 bits per heavy atom. The molecule has 0 radical (unpaired) electrons. The second kappa shape index (κ2) is 4.08. The predicted octanol–water partition coefficient (Wildman–Crippen LogP) is 4.45. The SMILES string of the molecule is CC(C)(C)C1CCSCC1C(C)(C)C. The van der Waals surface area contributed by atoms with Gasteiger partial charge in [0.05, 0.1) is 0 Å². The highest BCUT2D eigenvalue weighted by Crippen LogP contribution is 2.47. The fraction of sp³-hybridized carbons (Fsp3) is 1.00. The van der Waals surface area contributed by atoms with Crippen LogP contribution >= 0.6 is 11.8 Å². The average molecular weight is 214 g/mol. The van der Waals surface area contributed by atoms with Crippen molar-refractivity contribution in [3.8, 4) is 0 Å². The molecule has 0 nitrogen and oxygen atoms in total. The molecule has 2 atom stereocenters. The maximum Gasteiger partial charge on any atom is -0.00313 e. The van der Waals surface area contributed by atoms with Crippen molar-refractivity contribution in [2.75, 3.05) is 11.5 Å². The zero-order valence-corrected chi connectivity index (χ0v) is 11.5. The first-order valence-corrected chi connectivity index (χ1v) is 6.96. The summed E-state index contributed by atoms with van der Waals surface area (Å²) in [6.07, 6.45) is 1.41. The summed E-state index contributed by atoms with van der Waals surface area (Å²) in [6.45, 7) is 14.4. The van der Waals surface area contributed by atoms with Crippen molar-refractivity contribution in [1.82, 2.24) is 0 Å². The van der Waals surface area contributed by atoms with Gasteiger partial charge in [0.1, 0.15) is 0 Å². The minimum atomic E-state index is 0.478. The summed E-state index contributed by atoms with van der Waals surface area (Å²) in [6, 6.07) is 0. The van der Waals surface area contributed by atoms with Crippen molar-refractivity contribution in [2.45, 2.75) is 48.0 Å². The zero-order valence-electron chi connectivity index (χ0n) is 10.7. The molecular formula is C13H26S. The van der Waals surface area contributed by atoms with Crippen LogP contribution in [0.5, 0.6) is 0 Å². The predicted molar refractivity (Wildman–Crippen MR) is 67.8 cm³/mol. The Hall–Kier alpha value is 0.350. The zero-order chi connectivity index (χ0) is 11.0. The van der Waals surface area contributed by atoms with Crippen molar-refractivity contribution in [1.29, 1.82) is 0 Å². The molecule has 1 heteroatoms. The van der Waals surface area contributed by atoms with Crippen molar-refractivity contribution < 1.29 is 0 Å². The van der Waals surface area contributed by atoms with Crippen LogP contribution in [-0.4, -0.2) is 11.5 Å². The number of hydrogen-bond acceptors (Lipinski definition) is 1. The van der Waals surface area contributed by atoms with Gasteiger partial charge in [-0.1, -0.05) is 41.5 Å². The number of thioether (sulfide) groups is 1. The van der Waals surface area contributed by atoms with Crippen molar-refractivity contribution >= 4 is 11.8 Å². The van der Waals surface area contributed by atoms with Crippen LogP contribution in [0.3, 0.4) is 0 Å². The minimum absolute atomic E-state index is 0.478. The highest BCUT2D eigenvalue weighted by Gasteiger charge is 2.40. The molecule has 0 aromatic rings. The minimum Gasteiger partial charge on any atom is -0.162 e. The molecule has 0 aromatic carbocycles. The molecule has 0 aliphatic carbocycles. The Bertz CT molecular complexity index is 160. The van der Waals surface area contributed by atoms with Gasteiger partial charge < -0.3 is 0 Å². The van der Waals surface area contributed by atoms with Gasteiger partial charge in [0.25, 0.3) is 0 Å². The number of hydrogen-bond donors (Lipinski definition) is 0. The van der Waals surface area contributed by atoms with Crippen LogP contribution in [0.2, 0.25) is 0 Å². The molecule has 0 spiro atoms. The molecule has 1 rings (SSSR count). The molecule has 1 aliphatic rings. The van der Waals surface area contributed by atoms with Crippen molar-refractivity contribution in [3.05, 3.63) is 0 Å². The molecule has 1 heterocycles. The van der Waals surface area contributed by atoms with Crippen LogP contribution in [0.25, 0.3) is 0 Å². The van der Waals surface area contributed by atoms with Gasteiger partial charge in [-0.05, 0) is 40.6 Å². The third-order valence-corrected chi connectivity index (χ3v) is 4.70. The summed E-state index contributed by atoms with van der Waals surface area (Å²) in [4.78, 5) is 0. The van der Waals surface area contributed by atoms with Crippen LogP contribution in [0, 0.1) is 22.7 Å². The van der Waals surface area contributed by atoms with Crippen molar-refractivity contribution in [2.24, 2.45) is 22.7 Å². The second-order valence-electron chi connectivity index (χ2n) is 6.81. The van der Waals surface area contributed by atoms with E-state index in [4.69, 9.17) is 0 Å². The Kier molecular flexibility index (Phi) is 3.62. The summed E-state index contributed by atoms with van der Waals surface area (Å²) in [5.41, 5.74) is 0.963. The van der Waals surface area contributed by atoms with E-state index in [-0.39, 0.29) is 0 Å². The van der Waals surface area contributed by atoms with E-state index in [9.17, 15) is 0 Å². The van der Waals surface area contributed by atoms with E-state index in [0.717, 1.165) is 11.8 Å². The molecule has 14 heavy (non-hydrogen) atoms. The van der Waals surface area contributed by atoms with Gasteiger partial charge in [0.15, 0.2) is 0 Å². The first-order valence-electron chi connectivity index (χ1n) is 5.80. The number of rotatable bonds is 0. The van der Waals surface area contributed by atoms with E-state index in [1.165, 1.54) is 17.9 Å². The molecule has 2 unspecified atom stereocenters. The summed E-state index contributed by atoms with van der Waals surface area (Å²) < 4.78 is 0. The molecule has 1 fully saturated rings. The van der Waals surface area contributed by atoms with Gasteiger partial charge in [-0.3, -0.25) is 0 Å². The quantitative estimate of drug-likeness (QED) is 0.574. The van der Waals surface area contributed by atoms with Gasteiger partial charge in [-0.2, -0.15) is 11.8 Å². The van der Waals surface area contributed by atoms with Gasteiger partial charge in [-0.25, -0.2) is 0 Å². The molecule has 0 bridgehead atoms. The van der Waals surface area contributed by atoms with Gasteiger partial charge >= 0.3 is 0 Å². The van der Waals surface area contributed by atoms with Gasteiger partial charge in [-0.15, -0.1) is 0 Å². The Labute approximate surface area is 94.2 Å². The standard InChI is InChI=1S/C13H26S/c1-12(2,3)10-7-8-14-9-11(10)13(4,5)6/h10-11H,7-9H2,1-6H3. The largest absolute Gasteiger partial charge is 0.162 e. The molecule has 0 aromatic heterocycles. The fourth-order valence-corrected chi connectivity index (χ4v) is 4.20. The Morgan fingerprint density at radius 2 is 1.36 bits per heavy atom. The van der Waals surface area contributed by atoms with E-state index in [1.807, 2.05) is 0 Å². The lowest BCUT2D eigenvalue weighted by Crippen LogP contribution is -2.40. The normalized spacial score (nSPS) is 30.4. The average Bonchev–Trinajstić information content (AvgIpc) is 2.01. The van der Waals surface area contributed by atoms with Gasteiger partial charge in [0, 0.05) is 0 Å². The van der Waals surface area contributed by atoms with Crippen LogP contribution in [0.15, 0.2) is 0 Å². The molecular weight excluding hydrogens is 188 g/mol. The Morgan fingerprint density at radius 3 is 1.71 bits per heavy atom. The summed E-state index contributed by atoms with van der Waals surface area (Å²) in [5, 5.41) is 0. The molecule has 1 saturated heterocycles. The van der Waals surface area contributed by atoms with Crippen LogP contribution < -0.4 is 0 Å². The van der Waals surface area contributed by atoms with E-state index in [0.29, 0.717) is 10.8 Å². The highest BCUT2D eigenvalue weighted by atomic mass is 32.2. The summed E-state index contributed by atoms with van der Waals surface area (Å²) in [7, 11) is 0.